The van der Waals surface area contributed by atoms with E-state index in [4.69, 9.17) is 14.2 Å². The zero-order valence-corrected chi connectivity index (χ0v) is 22.4. The Bertz CT molecular complexity index is 1330. The van der Waals surface area contributed by atoms with E-state index in [0.717, 1.165) is 16.8 Å². The summed E-state index contributed by atoms with van der Waals surface area (Å²) in [7, 11) is 0. The van der Waals surface area contributed by atoms with E-state index in [1.54, 1.807) is 37.4 Å². The summed E-state index contributed by atoms with van der Waals surface area (Å²) in [6.07, 6.45) is 1.88. The Balaban J connectivity index is 1.33. The van der Waals surface area contributed by atoms with E-state index in [2.05, 4.69) is 10.3 Å². The molecule has 4 rings (SSSR count). The van der Waals surface area contributed by atoms with Gasteiger partial charge in [0, 0.05) is 37.2 Å². The maximum Gasteiger partial charge on any atom is 0.333 e. The number of imide groups is 1. The second-order valence-corrected chi connectivity index (χ2v) is 10.3. The summed E-state index contributed by atoms with van der Waals surface area (Å²) in [5.74, 6) is -1.18. The number of ether oxygens (including phenoxy) is 3. The smallest absolute Gasteiger partial charge is 0.333 e. The topological polar surface area (TPSA) is 121 Å². The average Bonchev–Trinajstić information content (AvgIpc) is 3.22. The molecule has 0 saturated carbocycles. The SMILES string of the molecule is CC(=O)O[C@H](C)c1ccc(CCOc2ccc(CC3(C(=O)OCc4ccccc4)SC(=O)NC3=O)cc2)nc1. The monoisotopic (exact) mass is 548 g/mol. The molecule has 2 atom stereocenters. The highest BCUT2D eigenvalue weighted by Crippen LogP contribution is 2.37. The van der Waals surface area contributed by atoms with Crippen molar-refractivity contribution in [2.75, 3.05) is 6.61 Å². The lowest BCUT2D eigenvalue weighted by Gasteiger charge is -2.22. The van der Waals surface area contributed by atoms with Gasteiger partial charge in [0.2, 0.25) is 4.75 Å². The standard InChI is InChI=1S/C29H28N2O7S/c1-19(38-20(2)32)23-10-11-24(30-17-23)14-15-36-25-12-8-21(9-13-25)16-29(26(33)31-28(35)39-29)27(34)37-18-22-6-4-3-5-7-22/h3-13,17,19H,14-16,18H2,1-2H3,(H,31,33,35)/t19-,29?/m1/s1. The molecule has 2 amide bonds. The lowest BCUT2D eigenvalue weighted by Crippen LogP contribution is -2.46. The predicted octanol–water partition coefficient (Wildman–Crippen LogP) is 4.33. The maximum atomic E-state index is 13.0. The Labute approximate surface area is 230 Å². The molecule has 0 bridgehead atoms. The highest BCUT2D eigenvalue weighted by Gasteiger charge is 2.55. The molecule has 0 spiro atoms. The second kappa shape index (κ2) is 12.6. The molecule has 1 aliphatic rings. The molecule has 1 fully saturated rings. The largest absolute Gasteiger partial charge is 0.493 e. The van der Waals surface area contributed by atoms with Crippen molar-refractivity contribution >= 4 is 34.8 Å². The van der Waals surface area contributed by atoms with Crippen molar-refractivity contribution in [1.82, 2.24) is 10.3 Å². The minimum atomic E-state index is -1.70. The van der Waals surface area contributed by atoms with E-state index in [1.165, 1.54) is 6.92 Å². The number of carbonyl (C=O) groups is 4. The van der Waals surface area contributed by atoms with Gasteiger partial charge in [0.25, 0.3) is 11.1 Å². The highest BCUT2D eigenvalue weighted by atomic mass is 32.2. The number of hydrogen-bond donors (Lipinski definition) is 1. The van der Waals surface area contributed by atoms with Crippen LogP contribution in [0, 0.1) is 0 Å². The lowest BCUT2D eigenvalue weighted by atomic mass is 9.97. The Morgan fingerprint density at radius 1 is 1.00 bits per heavy atom. The zero-order chi connectivity index (χ0) is 27.8. The van der Waals surface area contributed by atoms with Crippen molar-refractivity contribution in [3.05, 3.63) is 95.3 Å². The zero-order valence-electron chi connectivity index (χ0n) is 21.5. The van der Waals surface area contributed by atoms with Crippen LogP contribution in [0.15, 0.2) is 72.9 Å². The summed E-state index contributed by atoms with van der Waals surface area (Å²) in [6.45, 7) is 3.54. The molecule has 202 valence electrons. The fourth-order valence-corrected chi connectivity index (χ4v) is 4.98. The molecule has 0 radical (unpaired) electrons. The van der Waals surface area contributed by atoms with Gasteiger partial charge in [0.15, 0.2) is 0 Å². The van der Waals surface area contributed by atoms with Crippen LogP contribution in [0.5, 0.6) is 5.75 Å². The summed E-state index contributed by atoms with van der Waals surface area (Å²) in [4.78, 5) is 53.3. The van der Waals surface area contributed by atoms with E-state index in [9.17, 15) is 19.2 Å². The van der Waals surface area contributed by atoms with E-state index in [0.29, 0.717) is 36.1 Å². The molecule has 1 saturated heterocycles. The van der Waals surface area contributed by atoms with Gasteiger partial charge in [-0.3, -0.25) is 24.7 Å². The number of esters is 2. The van der Waals surface area contributed by atoms with Crippen molar-refractivity contribution in [1.29, 1.82) is 0 Å². The molecule has 3 aromatic rings. The van der Waals surface area contributed by atoms with Crippen molar-refractivity contribution in [3.8, 4) is 5.75 Å². The number of nitrogens with zero attached hydrogens (tertiary/aromatic N) is 1. The van der Waals surface area contributed by atoms with E-state index >= 15 is 0 Å². The van der Waals surface area contributed by atoms with Crippen LogP contribution in [0.1, 0.15) is 42.3 Å². The third kappa shape index (κ3) is 7.23. The summed E-state index contributed by atoms with van der Waals surface area (Å²) in [5, 5.41) is 1.63. The Kier molecular flexibility index (Phi) is 8.98. The van der Waals surface area contributed by atoms with Crippen molar-refractivity contribution in [2.45, 2.75) is 44.1 Å². The third-order valence-corrected chi connectivity index (χ3v) is 7.19. The van der Waals surface area contributed by atoms with Crippen molar-refractivity contribution < 1.29 is 33.4 Å². The minimum absolute atomic E-state index is 0.000959. The van der Waals surface area contributed by atoms with Gasteiger partial charge in [0.05, 0.1) is 6.61 Å². The Hall–Kier alpha value is -4.18. The number of benzene rings is 2. The molecular weight excluding hydrogens is 520 g/mol. The number of nitrogens with one attached hydrogen (secondary N) is 1. The molecule has 0 aliphatic carbocycles. The molecule has 2 aromatic carbocycles. The van der Waals surface area contributed by atoms with Gasteiger partial charge in [-0.2, -0.15) is 0 Å². The third-order valence-electron chi connectivity index (χ3n) is 6.05. The van der Waals surface area contributed by atoms with Crippen molar-refractivity contribution in [2.24, 2.45) is 0 Å². The van der Waals surface area contributed by atoms with E-state index in [1.807, 2.05) is 42.5 Å². The van der Waals surface area contributed by atoms with Crippen LogP contribution in [0.3, 0.4) is 0 Å². The first-order valence-corrected chi connectivity index (χ1v) is 13.2. The molecule has 1 aromatic heterocycles. The van der Waals surface area contributed by atoms with Crippen LogP contribution in [-0.4, -0.2) is 39.4 Å². The fourth-order valence-electron chi connectivity index (χ4n) is 3.99. The van der Waals surface area contributed by atoms with Gasteiger partial charge >= 0.3 is 11.9 Å². The van der Waals surface area contributed by atoms with Crippen LogP contribution in [0.4, 0.5) is 4.79 Å². The number of thioether (sulfide) groups is 1. The molecule has 9 nitrogen and oxygen atoms in total. The quantitative estimate of drug-likeness (QED) is 0.276. The number of pyridine rings is 1. The van der Waals surface area contributed by atoms with Crippen LogP contribution in [0.25, 0.3) is 0 Å². The number of carbonyl (C=O) groups excluding carboxylic acids is 4. The maximum absolute atomic E-state index is 13.0. The van der Waals surface area contributed by atoms with Gasteiger partial charge < -0.3 is 14.2 Å². The van der Waals surface area contributed by atoms with Crippen LogP contribution in [0.2, 0.25) is 0 Å². The molecule has 10 heteroatoms. The minimum Gasteiger partial charge on any atom is -0.493 e. The summed E-state index contributed by atoms with van der Waals surface area (Å²) in [5.41, 5.74) is 3.09. The number of amides is 2. The van der Waals surface area contributed by atoms with Crippen LogP contribution >= 0.6 is 11.8 Å². The number of rotatable bonds is 11. The van der Waals surface area contributed by atoms with Crippen molar-refractivity contribution in [3.63, 3.8) is 0 Å². The summed E-state index contributed by atoms with van der Waals surface area (Å²) < 4.78 is 14.7. The molecular formula is C29H28N2O7S. The Morgan fingerprint density at radius 3 is 2.36 bits per heavy atom. The van der Waals surface area contributed by atoms with Crippen LogP contribution in [-0.2, 0) is 43.3 Å². The fraction of sp³-hybridized carbons (Fsp3) is 0.276. The second-order valence-electron chi connectivity index (χ2n) is 8.99. The first-order valence-electron chi connectivity index (χ1n) is 12.3. The summed E-state index contributed by atoms with van der Waals surface area (Å²) >= 11 is 0.643. The first kappa shape index (κ1) is 27.8. The summed E-state index contributed by atoms with van der Waals surface area (Å²) in [6, 6.07) is 19.8. The van der Waals surface area contributed by atoms with Gasteiger partial charge in [0.1, 0.15) is 18.5 Å². The molecule has 2 heterocycles. The number of aromatic nitrogens is 1. The lowest BCUT2D eigenvalue weighted by molar-refractivity contribution is -0.151. The number of hydrogen-bond acceptors (Lipinski definition) is 9. The highest BCUT2D eigenvalue weighted by molar-refractivity contribution is 8.16. The van der Waals surface area contributed by atoms with Gasteiger partial charge in [-0.1, -0.05) is 48.5 Å². The van der Waals surface area contributed by atoms with Gasteiger partial charge in [-0.15, -0.1) is 0 Å². The predicted molar refractivity (Wildman–Crippen MR) is 144 cm³/mol. The molecule has 39 heavy (non-hydrogen) atoms. The molecule has 1 aliphatic heterocycles. The van der Waals surface area contributed by atoms with E-state index in [-0.39, 0.29) is 25.1 Å². The van der Waals surface area contributed by atoms with E-state index < -0.39 is 21.9 Å². The first-order chi connectivity index (χ1) is 18.7. The normalized spacial score (nSPS) is 17.3. The Morgan fingerprint density at radius 2 is 1.74 bits per heavy atom. The van der Waals surface area contributed by atoms with Gasteiger partial charge in [-0.05, 0) is 48.0 Å². The average molecular weight is 549 g/mol. The van der Waals surface area contributed by atoms with Crippen LogP contribution < -0.4 is 10.1 Å². The molecule has 1 unspecified atom stereocenters. The molecule has 1 N–H and O–H groups in total. The van der Waals surface area contributed by atoms with Gasteiger partial charge in [-0.25, -0.2) is 4.79 Å².